The van der Waals surface area contributed by atoms with Gasteiger partial charge in [-0.1, -0.05) is 35.5 Å². The van der Waals surface area contributed by atoms with Crippen molar-refractivity contribution in [3.63, 3.8) is 0 Å². The largest absolute Gasteiger partial charge is 0.248 e. The molecule has 21 heavy (non-hydrogen) atoms. The lowest BCUT2D eigenvalue weighted by atomic mass is 10.2. The monoisotopic (exact) mass is 304 g/mol. The highest BCUT2D eigenvalue weighted by Crippen LogP contribution is 2.23. The van der Waals surface area contributed by atoms with Crippen LogP contribution in [0, 0.1) is 0 Å². The summed E-state index contributed by atoms with van der Waals surface area (Å²) in [6.45, 7) is 0.941. The summed E-state index contributed by atoms with van der Waals surface area (Å²) in [5.41, 5.74) is 0.869. The van der Waals surface area contributed by atoms with Gasteiger partial charge in [0.1, 0.15) is 0 Å². The molecule has 2 heterocycles. The molecular formula is C14H16N4O2S. The van der Waals surface area contributed by atoms with Crippen LogP contribution in [0.5, 0.6) is 0 Å². The third kappa shape index (κ3) is 3.20. The van der Waals surface area contributed by atoms with E-state index in [2.05, 4.69) is 10.3 Å². The second-order valence-corrected chi connectivity index (χ2v) is 6.76. The van der Waals surface area contributed by atoms with Gasteiger partial charge in [0.25, 0.3) is 0 Å². The van der Waals surface area contributed by atoms with Crippen LogP contribution in [-0.4, -0.2) is 40.8 Å². The Morgan fingerprint density at radius 1 is 1.24 bits per heavy atom. The Bertz CT molecular complexity index is 711. The normalized spacial score (nSPS) is 20.3. The molecule has 3 rings (SSSR count). The smallest absolute Gasteiger partial charge is 0.236 e. The predicted octanol–water partition coefficient (Wildman–Crippen LogP) is 1.53. The first kappa shape index (κ1) is 14.0. The number of nitrogens with zero attached hydrogens (tertiary/aromatic N) is 4. The maximum Gasteiger partial charge on any atom is 0.236 e. The summed E-state index contributed by atoms with van der Waals surface area (Å²) in [5.74, 6) is 0. The zero-order valence-electron chi connectivity index (χ0n) is 11.4. The molecule has 1 aromatic carbocycles. The Morgan fingerprint density at radius 3 is 2.76 bits per heavy atom. The second kappa shape index (κ2) is 5.79. The highest BCUT2D eigenvalue weighted by Gasteiger charge is 2.31. The van der Waals surface area contributed by atoms with E-state index < -0.39 is 10.0 Å². The quantitative estimate of drug-likeness (QED) is 0.859. The molecule has 0 N–H and O–H groups in total. The van der Waals surface area contributed by atoms with E-state index in [4.69, 9.17) is 0 Å². The van der Waals surface area contributed by atoms with Crippen LogP contribution in [0.1, 0.15) is 18.0 Å². The summed E-state index contributed by atoms with van der Waals surface area (Å²) in [6, 6.07) is 9.45. The van der Waals surface area contributed by atoms with Crippen molar-refractivity contribution in [3.05, 3.63) is 53.7 Å². The van der Waals surface area contributed by atoms with Crippen molar-refractivity contribution in [2.75, 3.05) is 13.1 Å². The molecule has 0 aliphatic carbocycles. The lowest BCUT2D eigenvalue weighted by Gasteiger charge is -2.13. The van der Waals surface area contributed by atoms with Gasteiger partial charge in [0, 0.05) is 24.7 Å². The van der Waals surface area contributed by atoms with Crippen molar-refractivity contribution in [2.24, 2.45) is 0 Å². The highest BCUT2D eigenvalue weighted by molar-refractivity contribution is 7.92. The number of benzene rings is 1. The van der Waals surface area contributed by atoms with Gasteiger partial charge in [-0.15, -0.1) is 5.10 Å². The van der Waals surface area contributed by atoms with E-state index in [1.165, 1.54) is 9.71 Å². The highest BCUT2D eigenvalue weighted by atomic mass is 32.2. The molecule has 1 unspecified atom stereocenters. The Labute approximate surface area is 123 Å². The van der Waals surface area contributed by atoms with Crippen molar-refractivity contribution >= 4 is 16.1 Å². The fourth-order valence-corrected chi connectivity index (χ4v) is 3.63. The van der Waals surface area contributed by atoms with Gasteiger partial charge in [0.15, 0.2) is 0 Å². The van der Waals surface area contributed by atoms with Crippen LogP contribution in [0.25, 0.3) is 6.08 Å². The van der Waals surface area contributed by atoms with Crippen molar-refractivity contribution in [2.45, 2.75) is 12.5 Å². The molecule has 110 valence electrons. The number of hydrogen-bond acceptors (Lipinski definition) is 4. The van der Waals surface area contributed by atoms with Crippen molar-refractivity contribution in [3.8, 4) is 0 Å². The van der Waals surface area contributed by atoms with Crippen molar-refractivity contribution < 1.29 is 8.42 Å². The molecule has 7 heteroatoms. The minimum atomic E-state index is -3.39. The zero-order chi connectivity index (χ0) is 14.7. The number of hydrogen-bond donors (Lipinski definition) is 0. The van der Waals surface area contributed by atoms with E-state index in [1.807, 2.05) is 30.3 Å². The number of aromatic nitrogens is 3. The minimum absolute atomic E-state index is 0.0624. The van der Waals surface area contributed by atoms with Crippen LogP contribution in [0.15, 0.2) is 48.1 Å². The number of sulfonamides is 1. The minimum Gasteiger partial charge on any atom is -0.248 e. The predicted molar refractivity (Wildman–Crippen MR) is 79.6 cm³/mol. The molecule has 0 spiro atoms. The number of rotatable bonds is 4. The van der Waals surface area contributed by atoms with Crippen LogP contribution < -0.4 is 0 Å². The summed E-state index contributed by atoms with van der Waals surface area (Å²) in [6.07, 6.45) is 5.74. The van der Waals surface area contributed by atoms with Gasteiger partial charge < -0.3 is 0 Å². The van der Waals surface area contributed by atoms with Crippen LogP contribution in [0.2, 0.25) is 0 Å². The summed E-state index contributed by atoms with van der Waals surface area (Å²) < 4.78 is 27.8. The van der Waals surface area contributed by atoms with Gasteiger partial charge >= 0.3 is 0 Å². The Balaban J connectivity index is 1.70. The van der Waals surface area contributed by atoms with Crippen molar-refractivity contribution in [1.29, 1.82) is 0 Å². The third-order valence-electron chi connectivity index (χ3n) is 3.53. The molecule has 1 atom stereocenters. The molecule has 1 aliphatic rings. The summed E-state index contributed by atoms with van der Waals surface area (Å²) in [5, 5.41) is 8.97. The summed E-state index contributed by atoms with van der Waals surface area (Å²) >= 11 is 0. The fourth-order valence-electron chi connectivity index (χ4n) is 2.38. The van der Waals surface area contributed by atoms with Crippen LogP contribution in [0.4, 0.5) is 0 Å². The molecular weight excluding hydrogens is 288 g/mol. The van der Waals surface area contributed by atoms with E-state index in [-0.39, 0.29) is 6.04 Å². The van der Waals surface area contributed by atoms with E-state index in [1.54, 1.807) is 23.2 Å². The molecule has 1 saturated heterocycles. The second-order valence-electron chi connectivity index (χ2n) is 4.94. The Morgan fingerprint density at radius 2 is 2.05 bits per heavy atom. The lowest BCUT2D eigenvalue weighted by molar-refractivity contribution is 0.432. The zero-order valence-corrected chi connectivity index (χ0v) is 12.2. The van der Waals surface area contributed by atoms with E-state index in [0.717, 1.165) is 12.0 Å². The molecule has 2 aromatic rings. The third-order valence-corrected chi connectivity index (χ3v) is 5.06. The van der Waals surface area contributed by atoms with Gasteiger partial charge in [0.05, 0.1) is 12.2 Å². The first-order chi connectivity index (χ1) is 10.1. The SMILES string of the molecule is O=S(=O)(/C=C/c1ccccc1)N1CCC(n2ccnn2)C1. The van der Waals surface area contributed by atoms with Crippen molar-refractivity contribution in [1.82, 2.24) is 19.3 Å². The fraction of sp³-hybridized carbons (Fsp3) is 0.286. The van der Waals surface area contributed by atoms with E-state index in [9.17, 15) is 8.42 Å². The van der Waals surface area contributed by atoms with Gasteiger partial charge in [0.2, 0.25) is 10.0 Å². The average Bonchev–Trinajstić information content (AvgIpc) is 3.17. The Kier molecular flexibility index (Phi) is 3.85. The van der Waals surface area contributed by atoms with E-state index in [0.29, 0.717) is 13.1 Å². The lowest BCUT2D eigenvalue weighted by Crippen LogP contribution is -2.27. The molecule has 1 aliphatic heterocycles. The first-order valence-electron chi connectivity index (χ1n) is 6.74. The maximum atomic E-state index is 12.3. The molecule has 0 radical (unpaired) electrons. The van der Waals surface area contributed by atoms with Gasteiger partial charge in [-0.3, -0.25) is 0 Å². The molecule has 0 bridgehead atoms. The summed E-state index contributed by atoms with van der Waals surface area (Å²) in [7, 11) is -3.39. The standard InChI is InChI=1S/C14H16N4O2S/c19-21(20,11-7-13-4-2-1-3-5-13)17-9-6-14(12-17)18-10-8-15-16-18/h1-5,7-8,10-11,14H,6,9,12H2/b11-7+. The first-order valence-corrected chi connectivity index (χ1v) is 8.24. The summed E-state index contributed by atoms with van der Waals surface area (Å²) in [4.78, 5) is 0. The van der Waals surface area contributed by atoms with Gasteiger partial charge in [-0.2, -0.15) is 4.31 Å². The van der Waals surface area contributed by atoms with E-state index >= 15 is 0 Å². The van der Waals surface area contributed by atoms with Gasteiger partial charge in [-0.05, 0) is 18.1 Å². The molecule has 6 nitrogen and oxygen atoms in total. The molecule has 1 aromatic heterocycles. The topological polar surface area (TPSA) is 68.1 Å². The van der Waals surface area contributed by atoms with Crippen LogP contribution in [0.3, 0.4) is 0 Å². The van der Waals surface area contributed by atoms with Gasteiger partial charge in [-0.25, -0.2) is 13.1 Å². The van der Waals surface area contributed by atoms with Crippen LogP contribution in [-0.2, 0) is 10.0 Å². The maximum absolute atomic E-state index is 12.3. The average molecular weight is 304 g/mol. The molecule has 0 saturated carbocycles. The van der Waals surface area contributed by atoms with Crippen LogP contribution >= 0.6 is 0 Å². The Hall–Kier alpha value is -1.99. The molecule has 1 fully saturated rings. The molecule has 0 amide bonds.